The SMILES string of the molecule is CCOC(=O)c1nc(Cl)c(C)nc1OCc1ccccc1. The third kappa shape index (κ3) is 3.92. The van der Waals surface area contributed by atoms with Gasteiger partial charge in [0.15, 0.2) is 5.15 Å². The number of hydrogen-bond donors (Lipinski definition) is 0. The zero-order chi connectivity index (χ0) is 15.2. The number of esters is 1. The first-order valence-electron chi connectivity index (χ1n) is 6.49. The summed E-state index contributed by atoms with van der Waals surface area (Å²) in [5, 5.41) is 0.158. The number of rotatable bonds is 5. The first-order valence-corrected chi connectivity index (χ1v) is 6.87. The van der Waals surface area contributed by atoms with Crippen LogP contribution in [0, 0.1) is 6.92 Å². The number of aryl methyl sites for hydroxylation is 1. The van der Waals surface area contributed by atoms with Crippen molar-refractivity contribution in [2.75, 3.05) is 6.61 Å². The van der Waals surface area contributed by atoms with Crippen molar-refractivity contribution in [3.63, 3.8) is 0 Å². The van der Waals surface area contributed by atoms with E-state index in [9.17, 15) is 4.79 Å². The topological polar surface area (TPSA) is 61.3 Å². The van der Waals surface area contributed by atoms with Crippen LogP contribution in [0.4, 0.5) is 0 Å². The fraction of sp³-hybridized carbons (Fsp3) is 0.267. The molecular weight excluding hydrogens is 292 g/mol. The minimum absolute atomic E-state index is 0.0108. The average Bonchev–Trinajstić information content (AvgIpc) is 2.49. The molecule has 0 spiro atoms. The maximum absolute atomic E-state index is 11.9. The largest absolute Gasteiger partial charge is 0.471 e. The zero-order valence-corrected chi connectivity index (χ0v) is 12.6. The molecule has 0 unspecified atom stereocenters. The summed E-state index contributed by atoms with van der Waals surface area (Å²) in [4.78, 5) is 20.1. The molecule has 2 aromatic rings. The Bertz CT molecular complexity index is 632. The molecule has 0 aliphatic heterocycles. The molecule has 0 bridgehead atoms. The number of ether oxygens (including phenoxy) is 2. The second kappa shape index (κ2) is 7.04. The molecule has 2 rings (SSSR count). The molecule has 0 fully saturated rings. The highest BCUT2D eigenvalue weighted by atomic mass is 35.5. The quantitative estimate of drug-likeness (QED) is 0.794. The second-order valence-corrected chi connectivity index (χ2v) is 4.61. The van der Waals surface area contributed by atoms with Crippen LogP contribution in [-0.2, 0) is 11.3 Å². The molecule has 0 aliphatic carbocycles. The summed E-state index contributed by atoms with van der Waals surface area (Å²) in [6, 6.07) is 9.56. The summed E-state index contributed by atoms with van der Waals surface area (Å²) in [6.45, 7) is 3.93. The molecule has 0 N–H and O–H groups in total. The Morgan fingerprint density at radius 2 is 1.95 bits per heavy atom. The lowest BCUT2D eigenvalue weighted by Gasteiger charge is -2.10. The van der Waals surface area contributed by atoms with Gasteiger partial charge in [0.25, 0.3) is 0 Å². The predicted octanol–water partition coefficient (Wildman–Crippen LogP) is 3.19. The van der Waals surface area contributed by atoms with Crippen LogP contribution < -0.4 is 4.74 Å². The lowest BCUT2D eigenvalue weighted by atomic mass is 10.2. The summed E-state index contributed by atoms with van der Waals surface area (Å²) < 4.78 is 10.5. The Balaban J connectivity index is 2.24. The molecular formula is C15H15ClN2O3. The molecule has 6 heteroatoms. The van der Waals surface area contributed by atoms with E-state index >= 15 is 0 Å². The lowest BCUT2D eigenvalue weighted by Crippen LogP contribution is -2.12. The molecule has 1 heterocycles. The van der Waals surface area contributed by atoms with Crippen molar-refractivity contribution in [2.45, 2.75) is 20.5 Å². The lowest BCUT2D eigenvalue weighted by molar-refractivity contribution is 0.0512. The minimum Gasteiger partial charge on any atom is -0.471 e. The van der Waals surface area contributed by atoms with Crippen LogP contribution >= 0.6 is 11.6 Å². The highest BCUT2D eigenvalue weighted by molar-refractivity contribution is 6.30. The molecule has 5 nitrogen and oxygen atoms in total. The fourth-order valence-corrected chi connectivity index (χ4v) is 1.76. The minimum atomic E-state index is -0.602. The van der Waals surface area contributed by atoms with Gasteiger partial charge >= 0.3 is 5.97 Å². The van der Waals surface area contributed by atoms with Crippen molar-refractivity contribution >= 4 is 17.6 Å². The van der Waals surface area contributed by atoms with Crippen LogP contribution in [0.1, 0.15) is 28.7 Å². The van der Waals surface area contributed by atoms with Crippen molar-refractivity contribution in [2.24, 2.45) is 0 Å². The molecule has 0 amide bonds. The number of hydrogen-bond acceptors (Lipinski definition) is 5. The third-order valence-corrected chi connectivity index (χ3v) is 3.03. The molecule has 1 aromatic heterocycles. The van der Waals surface area contributed by atoms with E-state index in [1.165, 1.54) is 0 Å². The van der Waals surface area contributed by atoms with Gasteiger partial charge in [-0.25, -0.2) is 14.8 Å². The Morgan fingerprint density at radius 3 is 2.62 bits per heavy atom. The van der Waals surface area contributed by atoms with Gasteiger partial charge in [-0.3, -0.25) is 0 Å². The summed E-state index contributed by atoms with van der Waals surface area (Å²) in [5.74, 6) is -0.478. The van der Waals surface area contributed by atoms with Gasteiger partial charge in [0, 0.05) is 0 Å². The van der Waals surface area contributed by atoms with Crippen molar-refractivity contribution in [1.82, 2.24) is 9.97 Å². The predicted molar refractivity (Wildman–Crippen MR) is 78.5 cm³/mol. The van der Waals surface area contributed by atoms with Crippen LogP contribution in [-0.4, -0.2) is 22.5 Å². The number of nitrogens with zero attached hydrogens (tertiary/aromatic N) is 2. The van der Waals surface area contributed by atoms with E-state index in [0.717, 1.165) is 5.56 Å². The highest BCUT2D eigenvalue weighted by Crippen LogP contribution is 2.21. The Kier molecular flexibility index (Phi) is 5.11. The van der Waals surface area contributed by atoms with Gasteiger partial charge < -0.3 is 9.47 Å². The number of carbonyl (C=O) groups excluding carboxylic acids is 1. The third-order valence-electron chi connectivity index (χ3n) is 2.67. The first-order chi connectivity index (χ1) is 10.1. The number of benzene rings is 1. The first kappa shape index (κ1) is 15.3. The van der Waals surface area contributed by atoms with Crippen molar-refractivity contribution in [3.8, 4) is 5.88 Å². The zero-order valence-electron chi connectivity index (χ0n) is 11.8. The Hall–Kier alpha value is -2.14. The Labute approximate surface area is 127 Å². The standard InChI is InChI=1S/C15H15ClN2O3/c1-3-20-15(19)12-14(17-10(2)13(16)18-12)21-9-11-7-5-4-6-8-11/h4-8H,3,9H2,1-2H3. The van der Waals surface area contributed by atoms with Crippen molar-refractivity contribution in [3.05, 3.63) is 52.4 Å². The molecule has 1 aromatic carbocycles. The average molecular weight is 307 g/mol. The molecule has 0 radical (unpaired) electrons. The molecule has 110 valence electrons. The van der Waals surface area contributed by atoms with E-state index in [1.54, 1.807) is 13.8 Å². The Morgan fingerprint density at radius 1 is 1.24 bits per heavy atom. The van der Waals surface area contributed by atoms with E-state index in [2.05, 4.69) is 9.97 Å². The molecule has 0 saturated carbocycles. The van der Waals surface area contributed by atoms with Crippen molar-refractivity contribution in [1.29, 1.82) is 0 Å². The van der Waals surface area contributed by atoms with Crippen LogP contribution in [0.5, 0.6) is 5.88 Å². The smallest absolute Gasteiger partial charge is 0.362 e. The van der Waals surface area contributed by atoms with Crippen LogP contribution in [0.15, 0.2) is 30.3 Å². The maximum atomic E-state index is 11.9. The monoisotopic (exact) mass is 306 g/mol. The molecule has 0 saturated heterocycles. The van der Waals surface area contributed by atoms with Gasteiger partial charge in [-0.1, -0.05) is 41.9 Å². The van der Waals surface area contributed by atoms with Gasteiger partial charge in [0.1, 0.15) is 6.61 Å². The highest BCUT2D eigenvalue weighted by Gasteiger charge is 2.20. The molecule has 0 aliphatic rings. The van der Waals surface area contributed by atoms with E-state index in [1.807, 2.05) is 30.3 Å². The molecule has 21 heavy (non-hydrogen) atoms. The molecule has 0 atom stereocenters. The summed E-state index contributed by atoms with van der Waals surface area (Å²) in [7, 11) is 0. The summed E-state index contributed by atoms with van der Waals surface area (Å²) in [6.07, 6.45) is 0. The number of aromatic nitrogens is 2. The van der Waals surface area contributed by atoms with Gasteiger partial charge in [0.2, 0.25) is 11.6 Å². The van der Waals surface area contributed by atoms with E-state index in [4.69, 9.17) is 21.1 Å². The summed E-state index contributed by atoms with van der Waals surface area (Å²) >= 11 is 5.91. The second-order valence-electron chi connectivity index (χ2n) is 4.25. The van der Waals surface area contributed by atoms with E-state index in [-0.39, 0.29) is 29.9 Å². The van der Waals surface area contributed by atoms with Gasteiger partial charge in [-0.2, -0.15) is 0 Å². The maximum Gasteiger partial charge on any atom is 0.362 e. The van der Waals surface area contributed by atoms with Crippen LogP contribution in [0.2, 0.25) is 5.15 Å². The van der Waals surface area contributed by atoms with Gasteiger partial charge in [-0.05, 0) is 19.4 Å². The van der Waals surface area contributed by atoms with E-state index < -0.39 is 5.97 Å². The van der Waals surface area contributed by atoms with Crippen molar-refractivity contribution < 1.29 is 14.3 Å². The number of carbonyl (C=O) groups is 1. The van der Waals surface area contributed by atoms with Crippen LogP contribution in [0.25, 0.3) is 0 Å². The normalized spacial score (nSPS) is 10.2. The summed E-state index contributed by atoms with van der Waals surface area (Å²) in [5.41, 5.74) is 1.44. The van der Waals surface area contributed by atoms with Crippen LogP contribution in [0.3, 0.4) is 0 Å². The fourth-order valence-electron chi connectivity index (χ4n) is 1.64. The van der Waals surface area contributed by atoms with E-state index in [0.29, 0.717) is 5.69 Å². The van der Waals surface area contributed by atoms with Gasteiger partial charge in [0.05, 0.1) is 12.3 Å². The number of halogens is 1. The van der Waals surface area contributed by atoms with Gasteiger partial charge in [-0.15, -0.1) is 0 Å².